The van der Waals surface area contributed by atoms with Crippen LogP contribution in [0.4, 0.5) is 8.78 Å². The predicted molar refractivity (Wildman–Crippen MR) is 87.2 cm³/mol. The van der Waals surface area contributed by atoms with Crippen LogP contribution in [0.3, 0.4) is 0 Å². The van der Waals surface area contributed by atoms with Crippen molar-refractivity contribution in [2.45, 2.75) is 44.4 Å². The van der Waals surface area contributed by atoms with Crippen molar-refractivity contribution in [3.8, 4) is 0 Å². The van der Waals surface area contributed by atoms with Crippen molar-refractivity contribution in [1.29, 1.82) is 0 Å². The molecule has 1 aliphatic rings. The number of halogens is 3. The molecule has 1 aliphatic carbocycles. The number of hydrogen-bond acceptors (Lipinski definition) is 2. The summed E-state index contributed by atoms with van der Waals surface area (Å²) in [4.78, 5) is 16.8. The quantitative estimate of drug-likeness (QED) is 0.672. The SMILES string of the molecule is O=C(CCC1CCC(F)(F)CC1)c1c(Cl)ccc2ncccc12. The number of carbonyl (C=O) groups is 1. The molecule has 1 heterocycles. The molecule has 0 bridgehead atoms. The van der Waals surface area contributed by atoms with E-state index in [2.05, 4.69) is 4.98 Å². The molecule has 0 radical (unpaired) electrons. The minimum Gasteiger partial charge on any atom is -0.294 e. The van der Waals surface area contributed by atoms with Crippen LogP contribution < -0.4 is 0 Å². The smallest absolute Gasteiger partial charge is 0.248 e. The second-order valence-electron chi connectivity index (χ2n) is 6.25. The van der Waals surface area contributed by atoms with E-state index in [0.717, 1.165) is 10.9 Å². The number of nitrogens with zero attached hydrogens (tertiary/aromatic N) is 1. The minimum absolute atomic E-state index is 0.0362. The van der Waals surface area contributed by atoms with Gasteiger partial charge in [-0.05, 0) is 43.4 Å². The molecule has 1 aromatic heterocycles. The Morgan fingerprint density at radius 1 is 1.26 bits per heavy atom. The number of aromatic nitrogens is 1. The van der Waals surface area contributed by atoms with Gasteiger partial charge in [0.05, 0.1) is 10.5 Å². The Kier molecular flexibility index (Phi) is 4.62. The highest BCUT2D eigenvalue weighted by atomic mass is 35.5. The first kappa shape index (κ1) is 16.3. The number of benzene rings is 1. The lowest BCUT2D eigenvalue weighted by molar-refractivity contribution is -0.0464. The number of carbonyl (C=O) groups excluding carboxylic acids is 1. The number of pyridine rings is 1. The molecule has 0 unspecified atom stereocenters. The highest BCUT2D eigenvalue weighted by Crippen LogP contribution is 2.38. The molecule has 0 atom stereocenters. The van der Waals surface area contributed by atoms with E-state index in [1.807, 2.05) is 6.07 Å². The summed E-state index contributed by atoms with van der Waals surface area (Å²) in [7, 11) is 0. The molecule has 23 heavy (non-hydrogen) atoms. The molecule has 122 valence electrons. The third-order valence-corrected chi connectivity index (χ3v) is 4.94. The molecule has 0 N–H and O–H groups in total. The molecule has 2 nitrogen and oxygen atoms in total. The number of hydrogen-bond donors (Lipinski definition) is 0. The molecule has 2 aromatic rings. The summed E-state index contributed by atoms with van der Waals surface area (Å²) in [5.74, 6) is -2.36. The van der Waals surface area contributed by atoms with Gasteiger partial charge in [0.25, 0.3) is 0 Å². The average Bonchev–Trinajstić information content (AvgIpc) is 2.53. The van der Waals surface area contributed by atoms with Crippen molar-refractivity contribution in [2.75, 3.05) is 0 Å². The Hall–Kier alpha value is -1.55. The van der Waals surface area contributed by atoms with Crippen LogP contribution in [0.25, 0.3) is 10.9 Å². The van der Waals surface area contributed by atoms with Gasteiger partial charge in [-0.25, -0.2) is 8.78 Å². The number of ketones is 1. The van der Waals surface area contributed by atoms with E-state index in [1.165, 1.54) is 0 Å². The van der Waals surface area contributed by atoms with E-state index in [-0.39, 0.29) is 24.5 Å². The molecule has 0 aliphatic heterocycles. The zero-order chi connectivity index (χ0) is 16.4. The Balaban J connectivity index is 1.71. The van der Waals surface area contributed by atoms with Gasteiger partial charge in [-0.3, -0.25) is 9.78 Å². The first-order chi connectivity index (χ1) is 11.0. The van der Waals surface area contributed by atoms with Crippen molar-refractivity contribution >= 4 is 28.3 Å². The summed E-state index contributed by atoms with van der Waals surface area (Å²) < 4.78 is 26.4. The normalized spacial score (nSPS) is 18.2. The fraction of sp³-hybridized carbons (Fsp3) is 0.444. The van der Waals surface area contributed by atoms with E-state index < -0.39 is 5.92 Å². The Morgan fingerprint density at radius 2 is 2.00 bits per heavy atom. The summed E-state index contributed by atoms with van der Waals surface area (Å²) in [5, 5.41) is 1.17. The lowest BCUT2D eigenvalue weighted by Gasteiger charge is -2.28. The standard InChI is InChI=1S/C18H18ClF2NO/c19-14-4-5-15-13(2-1-11-22-15)17(14)16(23)6-3-12-7-9-18(20,21)10-8-12/h1-2,4-5,11-12H,3,6-10H2. The van der Waals surface area contributed by atoms with Crippen LogP contribution in [0.5, 0.6) is 0 Å². The topological polar surface area (TPSA) is 30.0 Å². The predicted octanol–water partition coefficient (Wildman–Crippen LogP) is 5.68. The monoisotopic (exact) mass is 337 g/mol. The van der Waals surface area contributed by atoms with Gasteiger partial charge in [-0.2, -0.15) is 0 Å². The fourth-order valence-corrected chi connectivity index (χ4v) is 3.53. The van der Waals surface area contributed by atoms with Gasteiger partial charge in [-0.1, -0.05) is 17.7 Å². The number of fused-ring (bicyclic) bond motifs is 1. The highest BCUT2D eigenvalue weighted by Gasteiger charge is 2.34. The van der Waals surface area contributed by atoms with Crippen LogP contribution in [0, 0.1) is 5.92 Å². The first-order valence-corrected chi connectivity index (χ1v) is 8.28. The van der Waals surface area contributed by atoms with E-state index in [9.17, 15) is 13.6 Å². The molecule has 0 saturated heterocycles. The van der Waals surface area contributed by atoms with Crippen LogP contribution in [0.1, 0.15) is 48.9 Å². The summed E-state index contributed by atoms with van der Waals surface area (Å²) in [6, 6.07) is 7.09. The maximum Gasteiger partial charge on any atom is 0.248 e. The fourth-order valence-electron chi connectivity index (χ4n) is 3.26. The van der Waals surface area contributed by atoms with Crippen molar-refractivity contribution in [3.63, 3.8) is 0 Å². The third-order valence-electron chi connectivity index (χ3n) is 4.63. The van der Waals surface area contributed by atoms with Gasteiger partial charge in [0.2, 0.25) is 5.92 Å². The largest absolute Gasteiger partial charge is 0.294 e. The number of Topliss-reactive ketones (excluding diaryl/α,β-unsaturated/α-hetero) is 1. The van der Waals surface area contributed by atoms with Gasteiger partial charge in [0.1, 0.15) is 0 Å². The van der Waals surface area contributed by atoms with Crippen molar-refractivity contribution < 1.29 is 13.6 Å². The Labute approximate surface area is 138 Å². The number of rotatable bonds is 4. The minimum atomic E-state index is -2.52. The van der Waals surface area contributed by atoms with E-state index in [0.29, 0.717) is 36.3 Å². The number of alkyl halides is 2. The zero-order valence-electron chi connectivity index (χ0n) is 12.7. The van der Waals surface area contributed by atoms with Crippen LogP contribution >= 0.6 is 11.6 Å². The Morgan fingerprint density at radius 3 is 2.74 bits per heavy atom. The third kappa shape index (κ3) is 3.69. The molecule has 3 rings (SSSR count). The second kappa shape index (κ2) is 6.52. The zero-order valence-corrected chi connectivity index (χ0v) is 13.5. The Bertz CT molecular complexity index is 722. The molecular formula is C18H18ClF2NO. The van der Waals surface area contributed by atoms with Crippen molar-refractivity contribution in [1.82, 2.24) is 4.98 Å². The van der Waals surface area contributed by atoms with Crippen molar-refractivity contribution in [2.24, 2.45) is 5.92 Å². The van der Waals surface area contributed by atoms with Gasteiger partial charge in [0.15, 0.2) is 5.78 Å². The molecule has 1 fully saturated rings. The average molecular weight is 338 g/mol. The van der Waals surface area contributed by atoms with Crippen LogP contribution in [-0.4, -0.2) is 16.7 Å². The second-order valence-corrected chi connectivity index (χ2v) is 6.66. The van der Waals surface area contributed by atoms with Crippen LogP contribution in [0.2, 0.25) is 5.02 Å². The van der Waals surface area contributed by atoms with E-state index in [1.54, 1.807) is 24.4 Å². The van der Waals surface area contributed by atoms with Crippen molar-refractivity contribution in [3.05, 3.63) is 41.0 Å². The van der Waals surface area contributed by atoms with Gasteiger partial charge < -0.3 is 0 Å². The molecule has 0 spiro atoms. The summed E-state index contributed by atoms with van der Waals surface area (Å²) >= 11 is 6.21. The van der Waals surface area contributed by atoms with Gasteiger partial charge in [0, 0.05) is 36.4 Å². The molecule has 0 amide bonds. The van der Waals surface area contributed by atoms with E-state index >= 15 is 0 Å². The molecule has 1 aromatic carbocycles. The summed E-state index contributed by atoms with van der Waals surface area (Å²) in [5.41, 5.74) is 1.23. The summed E-state index contributed by atoms with van der Waals surface area (Å²) in [6.07, 6.45) is 3.50. The lowest BCUT2D eigenvalue weighted by atomic mass is 9.83. The highest BCUT2D eigenvalue weighted by molar-refractivity contribution is 6.35. The van der Waals surface area contributed by atoms with Gasteiger partial charge >= 0.3 is 0 Å². The van der Waals surface area contributed by atoms with Crippen LogP contribution in [-0.2, 0) is 0 Å². The molecular weight excluding hydrogens is 320 g/mol. The summed E-state index contributed by atoms with van der Waals surface area (Å²) in [6.45, 7) is 0. The first-order valence-electron chi connectivity index (χ1n) is 7.90. The maximum atomic E-state index is 13.2. The van der Waals surface area contributed by atoms with E-state index in [4.69, 9.17) is 11.6 Å². The molecule has 1 saturated carbocycles. The van der Waals surface area contributed by atoms with Gasteiger partial charge in [-0.15, -0.1) is 0 Å². The molecule has 5 heteroatoms. The maximum absolute atomic E-state index is 13.2. The lowest BCUT2D eigenvalue weighted by Crippen LogP contribution is -2.24. The van der Waals surface area contributed by atoms with Crippen LogP contribution in [0.15, 0.2) is 30.5 Å².